The number of carbonyl (C=O) groups is 1. The van der Waals surface area contributed by atoms with Crippen molar-refractivity contribution in [3.8, 4) is 0 Å². The number of rotatable bonds is 3. The number of halogens is 1. The van der Waals surface area contributed by atoms with Gasteiger partial charge in [-0.15, -0.1) is 0 Å². The van der Waals surface area contributed by atoms with Gasteiger partial charge in [0.15, 0.2) is 0 Å². The standard InChI is InChI=1S/C17H21ClN2O3/c1-11(16-8-13-7-14(18)4-5-15(13)23-16)19-17(22)20-6-2-3-12(9-20)10-21/h4-5,7-8,11-12,21H,2-3,6,9-10H2,1H3,(H,19,22). The topological polar surface area (TPSA) is 65.7 Å². The van der Waals surface area contributed by atoms with Gasteiger partial charge in [-0.3, -0.25) is 0 Å². The first kappa shape index (κ1) is 16.1. The first-order chi connectivity index (χ1) is 11.1. The largest absolute Gasteiger partial charge is 0.459 e. The molecule has 0 spiro atoms. The van der Waals surface area contributed by atoms with Crippen LogP contribution in [0.15, 0.2) is 28.7 Å². The average molecular weight is 337 g/mol. The van der Waals surface area contributed by atoms with E-state index in [0.717, 1.165) is 30.4 Å². The van der Waals surface area contributed by atoms with Gasteiger partial charge in [-0.1, -0.05) is 11.6 Å². The Morgan fingerprint density at radius 1 is 1.52 bits per heavy atom. The number of amides is 2. The number of nitrogens with one attached hydrogen (secondary N) is 1. The predicted molar refractivity (Wildman–Crippen MR) is 89.6 cm³/mol. The van der Waals surface area contributed by atoms with Crippen LogP contribution in [0.5, 0.6) is 0 Å². The van der Waals surface area contributed by atoms with Gasteiger partial charge in [-0.05, 0) is 49.9 Å². The summed E-state index contributed by atoms with van der Waals surface area (Å²) in [6, 6.07) is 7.00. The van der Waals surface area contributed by atoms with Crippen LogP contribution in [0.25, 0.3) is 11.0 Å². The van der Waals surface area contributed by atoms with E-state index in [0.29, 0.717) is 17.3 Å². The summed E-state index contributed by atoms with van der Waals surface area (Å²) in [4.78, 5) is 14.1. The average Bonchev–Trinajstić information content (AvgIpc) is 2.98. The maximum absolute atomic E-state index is 12.4. The molecule has 0 bridgehead atoms. The maximum atomic E-state index is 12.4. The molecule has 0 aliphatic carbocycles. The van der Waals surface area contributed by atoms with E-state index in [2.05, 4.69) is 5.32 Å². The van der Waals surface area contributed by atoms with Gasteiger partial charge in [0.05, 0.1) is 6.04 Å². The molecular formula is C17H21ClN2O3. The lowest BCUT2D eigenvalue weighted by Crippen LogP contribution is -2.46. The summed E-state index contributed by atoms with van der Waals surface area (Å²) >= 11 is 5.98. The molecule has 1 saturated heterocycles. The predicted octanol–water partition coefficient (Wildman–Crippen LogP) is 3.56. The quantitative estimate of drug-likeness (QED) is 0.900. The third-order valence-electron chi connectivity index (χ3n) is 4.33. The number of hydrogen-bond acceptors (Lipinski definition) is 3. The van der Waals surface area contributed by atoms with Crippen LogP contribution in [0, 0.1) is 5.92 Å². The van der Waals surface area contributed by atoms with E-state index in [1.54, 1.807) is 11.0 Å². The molecule has 6 heteroatoms. The van der Waals surface area contributed by atoms with Crippen molar-refractivity contribution in [3.63, 3.8) is 0 Å². The van der Waals surface area contributed by atoms with E-state index in [4.69, 9.17) is 16.0 Å². The number of aliphatic hydroxyl groups is 1. The van der Waals surface area contributed by atoms with Gasteiger partial charge >= 0.3 is 6.03 Å². The highest BCUT2D eigenvalue weighted by molar-refractivity contribution is 6.31. The molecule has 1 aliphatic rings. The van der Waals surface area contributed by atoms with Gasteiger partial charge in [-0.2, -0.15) is 0 Å². The van der Waals surface area contributed by atoms with Crippen molar-refractivity contribution < 1.29 is 14.3 Å². The molecule has 0 saturated carbocycles. The molecular weight excluding hydrogens is 316 g/mol. The van der Waals surface area contributed by atoms with E-state index in [-0.39, 0.29) is 24.6 Å². The van der Waals surface area contributed by atoms with Gasteiger partial charge in [0.2, 0.25) is 0 Å². The van der Waals surface area contributed by atoms with Gasteiger partial charge in [0.25, 0.3) is 0 Å². The molecule has 1 fully saturated rings. The van der Waals surface area contributed by atoms with Crippen molar-refractivity contribution in [2.24, 2.45) is 5.92 Å². The van der Waals surface area contributed by atoms with Crippen molar-refractivity contribution in [1.29, 1.82) is 0 Å². The number of aliphatic hydroxyl groups excluding tert-OH is 1. The van der Waals surface area contributed by atoms with Crippen LogP contribution in [0.2, 0.25) is 5.02 Å². The summed E-state index contributed by atoms with van der Waals surface area (Å²) in [6.07, 6.45) is 1.90. The molecule has 2 unspecified atom stereocenters. The van der Waals surface area contributed by atoms with Gasteiger partial charge in [0, 0.05) is 30.1 Å². The minimum Gasteiger partial charge on any atom is -0.459 e. The molecule has 2 amide bonds. The minimum absolute atomic E-state index is 0.117. The zero-order chi connectivity index (χ0) is 16.4. The Labute approximate surface area is 140 Å². The third kappa shape index (κ3) is 3.62. The summed E-state index contributed by atoms with van der Waals surface area (Å²) in [5.41, 5.74) is 0.754. The van der Waals surface area contributed by atoms with E-state index in [9.17, 15) is 9.90 Å². The zero-order valence-electron chi connectivity index (χ0n) is 13.1. The Bertz CT molecular complexity index is 700. The van der Waals surface area contributed by atoms with Gasteiger partial charge in [-0.25, -0.2) is 4.79 Å². The zero-order valence-corrected chi connectivity index (χ0v) is 13.8. The molecule has 2 N–H and O–H groups in total. The Balaban J connectivity index is 1.67. The second-order valence-corrected chi connectivity index (χ2v) is 6.58. The molecule has 2 heterocycles. The molecule has 1 aromatic carbocycles. The molecule has 23 heavy (non-hydrogen) atoms. The van der Waals surface area contributed by atoms with Crippen molar-refractivity contribution in [3.05, 3.63) is 35.0 Å². The molecule has 2 atom stereocenters. The molecule has 1 aromatic heterocycles. The first-order valence-electron chi connectivity index (χ1n) is 7.92. The van der Waals surface area contributed by atoms with Crippen LogP contribution in [0.3, 0.4) is 0 Å². The summed E-state index contributed by atoms with van der Waals surface area (Å²) in [5, 5.41) is 13.8. The molecule has 5 nitrogen and oxygen atoms in total. The lowest BCUT2D eigenvalue weighted by molar-refractivity contribution is 0.127. The molecule has 0 radical (unpaired) electrons. The highest BCUT2D eigenvalue weighted by Gasteiger charge is 2.24. The number of piperidine rings is 1. The number of nitrogens with zero attached hydrogens (tertiary/aromatic N) is 1. The first-order valence-corrected chi connectivity index (χ1v) is 8.30. The highest BCUT2D eigenvalue weighted by Crippen LogP contribution is 2.26. The fourth-order valence-electron chi connectivity index (χ4n) is 2.99. The Hall–Kier alpha value is -1.72. The highest BCUT2D eigenvalue weighted by atomic mass is 35.5. The smallest absolute Gasteiger partial charge is 0.317 e. The fraction of sp³-hybridized carbons (Fsp3) is 0.471. The van der Waals surface area contributed by atoms with E-state index in [1.165, 1.54) is 0 Å². The lowest BCUT2D eigenvalue weighted by Gasteiger charge is -2.32. The van der Waals surface area contributed by atoms with E-state index >= 15 is 0 Å². The Kier molecular flexibility index (Phi) is 4.78. The number of likely N-dealkylation sites (tertiary alicyclic amines) is 1. The van der Waals surface area contributed by atoms with E-state index < -0.39 is 0 Å². The summed E-state index contributed by atoms with van der Waals surface area (Å²) in [6.45, 7) is 3.35. The van der Waals surface area contributed by atoms with Crippen LogP contribution in [0.1, 0.15) is 31.6 Å². The second kappa shape index (κ2) is 6.81. The molecule has 124 valence electrons. The van der Waals surface area contributed by atoms with Crippen LogP contribution in [0.4, 0.5) is 4.79 Å². The van der Waals surface area contributed by atoms with Crippen molar-refractivity contribution in [2.45, 2.75) is 25.8 Å². The number of fused-ring (bicyclic) bond motifs is 1. The lowest BCUT2D eigenvalue weighted by atomic mass is 9.99. The number of hydrogen-bond donors (Lipinski definition) is 2. The maximum Gasteiger partial charge on any atom is 0.317 e. The Morgan fingerprint density at radius 3 is 3.13 bits per heavy atom. The second-order valence-electron chi connectivity index (χ2n) is 6.14. The summed E-state index contributed by atoms with van der Waals surface area (Å²) < 4.78 is 5.78. The van der Waals surface area contributed by atoms with Crippen LogP contribution in [-0.4, -0.2) is 35.7 Å². The summed E-state index contributed by atoms with van der Waals surface area (Å²) in [7, 11) is 0. The molecule has 1 aliphatic heterocycles. The monoisotopic (exact) mass is 336 g/mol. The minimum atomic E-state index is -0.233. The SMILES string of the molecule is CC(NC(=O)N1CCCC(CO)C1)c1cc2cc(Cl)ccc2o1. The Morgan fingerprint density at radius 2 is 2.35 bits per heavy atom. The van der Waals surface area contributed by atoms with Gasteiger partial charge in [0.1, 0.15) is 11.3 Å². The number of urea groups is 1. The molecule has 3 rings (SSSR count). The van der Waals surface area contributed by atoms with Crippen LogP contribution in [-0.2, 0) is 0 Å². The van der Waals surface area contributed by atoms with Crippen LogP contribution < -0.4 is 5.32 Å². The van der Waals surface area contributed by atoms with Crippen molar-refractivity contribution in [2.75, 3.05) is 19.7 Å². The molecule has 2 aromatic rings. The number of carbonyl (C=O) groups excluding carboxylic acids is 1. The van der Waals surface area contributed by atoms with Gasteiger partial charge < -0.3 is 19.7 Å². The van der Waals surface area contributed by atoms with Crippen LogP contribution >= 0.6 is 11.6 Å². The van der Waals surface area contributed by atoms with Crippen molar-refractivity contribution >= 4 is 28.6 Å². The van der Waals surface area contributed by atoms with E-state index in [1.807, 2.05) is 25.1 Å². The number of furan rings is 1. The summed E-state index contributed by atoms with van der Waals surface area (Å²) in [5.74, 6) is 0.879. The normalized spacial score (nSPS) is 19.8. The number of benzene rings is 1. The fourth-order valence-corrected chi connectivity index (χ4v) is 3.17. The third-order valence-corrected chi connectivity index (χ3v) is 4.56. The van der Waals surface area contributed by atoms with Crippen molar-refractivity contribution in [1.82, 2.24) is 10.2 Å².